The van der Waals surface area contributed by atoms with Gasteiger partial charge < -0.3 is 9.47 Å². The Kier molecular flexibility index (Phi) is 4.18. The Morgan fingerprint density at radius 3 is 2.76 bits per heavy atom. The molecule has 2 nitrogen and oxygen atoms in total. The lowest BCUT2D eigenvalue weighted by Crippen LogP contribution is -2.26. The molecular formula is C22H23ClN2. The van der Waals surface area contributed by atoms with Crippen molar-refractivity contribution in [2.45, 2.75) is 26.8 Å². The molecule has 0 fully saturated rings. The van der Waals surface area contributed by atoms with Crippen LogP contribution in [0.1, 0.15) is 29.3 Å². The molecule has 0 aliphatic carbocycles. The number of hydrogen-bond acceptors (Lipinski definition) is 1. The van der Waals surface area contributed by atoms with Crippen LogP contribution in [0, 0.1) is 6.92 Å². The van der Waals surface area contributed by atoms with Crippen LogP contribution in [0.15, 0.2) is 42.5 Å². The van der Waals surface area contributed by atoms with Crippen LogP contribution in [0.5, 0.6) is 0 Å². The highest BCUT2D eigenvalue weighted by Crippen LogP contribution is 2.33. The van der Waals surface area contributed by atoms with Crippen molar-refractivity contribution in [3.63, 3.8) is 0 Å². The summed E-state index contributed by atoms with van der Waals surface area (Å²) in [6, 6.07) is 14.8. The first-order chi connectivity index (χ1) is 12.0. The second-order valence-corrected chi connectivity index (χ2v) is 7.50. The number of halogens is 1. The number of aryl methyl sites for hydroxylation is 1. The zero-order valence-electron chi connectivity index (χ0n) is 15.0. The van der Waals surface area contributed by atoms with Gasteiger partial charge in [-0.2, -0.15) is 0 Å². The summed E-state index contributed by atoms with van der Waals surface area (Å²) in [6.45, 7) is 6.42. The summed E-state index contributed by atoms with van der Waals surface area (Å²) in [5.74, 6) is 0. The van der Waals surface area contributed by atoms with E-state index in [-0.39, 0.29) is 0 Å². The van der Waals surface area contributed by atoms with Gasteiger partial charge >= 0.3 is 0 Å². The molecule has 1 aromatic heterocycles. The molecule has 0 radical (unpaired) electrons. The monoisotopic (exact) mass is 350 g/mol. The van der Waals surface area contributed by atoms with E-state index in [4.69, 9.17) is 11.6 Å². The molecule has 128 valence electrons. The number of aromatic nitrogens is 1. The Balaban J connectivity index is 1.93. The van der Waals surface area contributed by atoms with E-state index in [1.165, 1.54) is 33.3 Å². The van der Waals surface area contributed by atoms with Crippen LogP contribution >= 0.6 is 11.6 Å². The Morgan fingerprint density at radius 1 is 1.16 bits per heavy atom. The smallest absolute Gasteiger partial charge is 0.0529 e. The van der Waals surface area contributed by atoms with Crippen LogP contribution < -0.4 is 0 Å². The van der Waals surface area contributed by atoms with Crippen LogP contribution in [0.25, 0.3) is 22.7 Å². The second-order valence-electron chi connectivity index (χ2n) is 7.10. The van der Waals surface area contributed by atoms with E-state index < -0.39 is 0 Å². The lowest BCUT2D eigenvalue weighted by atomic mass is 10.0. The first-order valence-corrected chi connectivity index (χ1v) is 9.16. The van der Waals surface area contributed by atoms with E-state index in [1.807, 2.05) is 18.2 Å². The number of rotatable bonds is 2. The van der Waals surface area contributed by atoms with Gasteiger partial charge in [0.1, 0.15) is 0 Å². The molecule has 1 aliphatic heterocycles. The number of likely N-dealkylation sites (N-methyl/N-ethyl adjacent to an activating group) is 1. The first kappa shape index (κ1) is 16.4. The lowest BCUT2D eigenvalue weighted by Gasteiger charge is -2.23. The highest BCUT2D eigenvalue weighted by atomic mass is 35.5. The third kappa shape index (κ3) is 2.90. The summed E-state index contributed by atoms with van der Waals surface area (Å²) in [6.07, 6.45) is 3.33. The van der Waals surface area contributed by atoms with Crippen molar-refractivity contribution in [2.24, 2.45) is 0 Å². The number of benzene rings is 2. The van der Waals surface area contributed by atoms with Crippen LogP contribution in [0.3, 0.4) is 0 Å². The molecule has 0 bridgehead atoms. The highest BCUT2D eigenvalue weighted by molar-refractivity contribution is 6.32. The normalized spacial score (nSPS) is 15.6. The molecule has 3 aromatic rings. The topological polar surface area (TPSA) is 8.17 Å². The zero-order chi connectivity index (χ0) is 17.6. The third-order valence-corrected chi connectivity index (χ3v) is 5.49. The van der Waals surface area contributed by atoms with Gasteiger partial charge in [0.15, 0.2) is 0 Å². The predicted octanol–water partition coefficient (Wildman–Crippen LogP) is 5.61. The van der Waals surface area contributed by atoms with Gasteiger partial charge in [-0.1, -0.05) is 41.4 Å². The van der Waals surface area contributed by atoms with Crippen LogP contribution in [-0.2, 0) is 13.0 Å². The molecule has 2 aromatic carbocycles. The molecule has 0 spiro atoms. The van der Waals surface area contributed by atoms with Crippen molar-refractivity contribution in [1.29, 1.82) is 0 Å². The number of nitrogens with zero attached hydrogens (tertiary/aromatic N) is 2. The molecule has 3 heteroatoms. The molecule has 0 amide bonds. The molecular weight excluding hydrogens is 328 g/mol. The van der Waals surface area contributed by atoms with Gasteiger partial charge in [0.2, 0.25) is 0 Å². The van der Waals surface area contributed by atoms with E-state index in [2.05, 4.69) is 60.8 Å². The van der Waals surface area contributed by atoms with Crippen molar-refractivity contribution in [3.05, 3.63) is 69.9 Å². The van der Waals surface area contributed by atoms with Crippen molar-refractivity contribution < 1.29 is 0 Å². The van der Waals surface area contributed by atoms with Crippen LogP contribution in [0.4, 0.5) is 0 Å². The lowest BCUT2D eigenvalue weighted by molar-refractivity contribution is 0.312. The maximum absolute atomic E-state index is 6.40. The molecule has 25 heavy (non-hydrogen) atoms. The second kappa shape index (κ2) is 6.36. The maximum atomic E-state index is 6.40. The van der Waals surface area contributed by atoms with Gasteiger partial charge in [-0.3, -0.25) is 0 Å². The Hall–Kier alpha value is -2.03. The number of hydrogen-bond donors (Lipinski definition) is 0. The Bertz CT molecular complexity index is 981. The Labute approximate surface area is 154 Å². The van der Waals surface area contributed by atoms with E-state index in [0.717, 1.165) is 30.1 Å². The van der Waals surface area contributed by atoms with Gasteiger partial charge in [0.25, 0.3) is 0 Å². The average molecular weight is 351 g/mol. The maximum Gasteiger partial charge on any atom is 0.0529 e. The summed E-state index contributed by atoms with van der Waals surface area (Å²) in [5, 5.41) is 2.18. The van der Waals surface area contributed by atoms with Crippen LogP contribution in [0.2, 0.25) is 5.02 Å². The Morgan fingerprint density at radius 2 is 1.96 bits per heavy atom. The quantitative estimate of drug-likeness (QED) is 0.583. The van der Waals surface area contributed by atoms with Gasteiger partial charge in [-0.15, -0.1) is 0 Å². The number of allylic oxidation sites excluding steroid dienone is 1. The summed E-state index contributed by atoms with van der Waals surface area (Å²) < 4.78 is 2.38. The molecule has 0 unspecified atom stereocenters. The van der Waals surface area contributed by atoms with Crippen molar-refractivity contribution in [3.8, 4) is 0 Å². The molecule has 0 atom stereocenters. The van der Waals surface area contributed by atoms with E-state index in [0.29, 0.717) is 0 Å². The van der Waals surface area contributed by atoms with Crippen molar-refractivity contribution in [2.75, 3.05) is 13.6 Å². The van der Waals surface area contributed by atoms with Gasteiger partial charge in [-0.25, -0.2) is 0 Å². The fourth-order valence-corrected chi connectivity index (χ4v) is 4.12. The largest absolute Gasteiger partial charge is 0.320 e. The average Bonchev–Trinajstić information content (AvgIpc) is 2.88. The highest BCUT2D eigenvalue weighted by Gasteiger charge is 2.21. The van der Waals surface area contributed by atoms with Crippen LogP contribution in [-0.4, -0.2) is 23.1 Å². The molecule has 4 rings (SSSR count). The van der Waals surface area contributed by atoms with Crippen molar-refractivity contribution >= 4 is 34.3 Å². The van der Waals surface area contributed by atoms with E-state index >= 15 is 0 Å². The first-order valence-electron chi connectivity index (χ1n) is 8.79. The fourth-order valence-electron chi connectivity index (χ4n) is 3.83. The molecule has 2 heterocycles. The summed E-state index contributed by atoms with van der Waals surface area (Å²) in [5.41, 5.74) is 7.79. The predicted molar refractivity (Wildman–Crippen MR) is 108 cm³/mol. The molecule has 0 N–H and O–H groups in total. The summed E-state index contributed by atoms with van der Waals surface area (Å²) in [7, 11) is 2.20. The van der Waals surface area contributed by atoms with E-state index in [9.17, 15) is 0 Å². The van der Waals surface area contributed by atoms with Gasteiger partial charge in [0, 0.05) is 41.8 Å². The number of fused-ring (bicyclic) bond motifs is 3. The van der Waals surface area contributed by atoms with Gasteiger partial charge in [0.05, 0.1) is 5.52 Å². The SMILES string of the molecule is CC(=Cn1c2c(c3cc(C)ccc31)CN(C)CC2)c1ccccc1Cl. The fraction of sp³-hybridized carbons (Fsp3) is 0.273. The van der Waals surface area contributed by atoms with Gasteiger partial charge in [-0.05, 0) is 55.8 Å². The van der Waals surface area contributed by atoms with E-state index in [1.54, 1.807) is 0 Å². The molecule has 0 saturated carbocycles. The summed E-state index contributed by atoms with van der Waals surface area (Å²) in [4.78, 5) is 2.40. The minimum absolute atomic E-state index is 0.803. The molecule has 0 saturated heterocycles. The minimum Gasteiger partial charge on any atom is -0.320 e. The minimum atomic E-state index is 0.803. The van der Waals surface area contributed by atoms with Crippen molar-refractivity contribution in [1.82, 2.24) is 9.47 Å². The third-order valence-electron chi connectivity index (χ3n) is 5.16. The standard InChI is InChI=1S/C22H23ClN2/c1-15-8-9-21-18(12-15)19-14-24(3)11-10-22(19)25(21)13-16(2)17-6-4-5-7-20(17)23/h4-9,12-13H,10-11,14H2,1-3H3. The molecule has 1 aliphatic rings. The summed E-state index contributed by atoms with van der Waals surface area (Å²) >= 11 is 6.40. The zero-order valence-corrected chi connectivity index (χ0v) is 15.8.